The van der Waals surface area contributed by atoms with Crippen molar-refractivity contribution in [1.82, 2.24) is 5.32 Å². The maximum Gasteiger partial charge on any atom is 0.306 e. The first-order valence-electron chi connectivity index (χ1n) is 11.5. The maximum atomic E-state index is 12.0. The van der Waals surface area contributed by atoms with Gasteiger partial charge in [-0.3, -0.25) is 9.59 Å². The van der Waals surface area contributed by atoms with Crippen LogP contribution in [0.3, 0.4) is 0 Å². The molecule has 0 spiro atoms. The Morgan fingerprint density at radius 2 is 1.73 bits per heavy atom. The Labute approximate surface area is 194 Å². The van der Waals surface area contributed by atoms with E-state index < -0.39 is 79.3 Å². The Morgan fingerprint density at radius 1 is 1.09 bits per heavy atom. The molecule has 0 bridgehead atoms. The molecule has 0 aromatic heterocycles. The van der Waals surface area contributed by atoms with Crippen molar-refractivity contribution >= 4 is 11.9 Å². The van der Waals surface area contributed by atoms with Crippen LogP contribution in [0.2, 0.25) is 0 Å². The van der Waals surface area contributed by atoms with Crippen LogP contribution in [0.4, 0.5) is 0 Å². The summed E-state index contributed by atoms with van der Waals surface area (Å²) in [6.07, 6.45) is -8.70. The van der Waals surface area contributed by atoms with Crippen molar-refractivity contribution < 1.29 is 49.3 Å². The zero-order valence-electron chi connectivity index (χ0n) is 19.8. The van der Waals surface area contributed by atoms with Crippen LogP contribution in [-0.2, 0) is 23.8 Å². The minimum Gasteiger partial charge on any atom is -0.481 e. The smallest absolute Gasteiger partial charge is 0.306 e. The molecule has 1 saturated heterocycles. The standard InChI is InChI=1S/C22H39NO10/c1-9(2)6-12-13(21(29)30)7-14(18(27)17(12)26)32-20-16(23-11(5)25)22(31-10(3)4)33-15(8-24)19(20)28/h9-10,12-20,22,24,26-28H,6-8H2,1-5H3,(H,23,25)(H,29,30). The Bertz CT molecular complexity index is 659. The molecule has 2 aliphatic rings. The molecule has 1 amide bonds. The van der Waals surface area contributed by atoms with Gasteiger partial charge in [0.15, 0.2) is 6.29 Å². The average Bonchev–Trinajstić information content (AvgIpc) is 2.70. The number of hydrogen-bond donors (Lipinski definition) is 6. The summed E-state index contributed by atoms with van der Waals surface area (Å²) in [6, 6.07) is -1.01. The highest BCUT2D eigenvalue weighted by atomic mass is 16.7. The van der Waals surface area contributed by atoms with Crippen LogP contribution in [0.1, 0.15) is 47.5 Å². The molecular formula is C22H39NO10. The van der Waals surface area contributed by atoms with Gasteiger partial charge in [-0.05, 0) is 32.6 Å². The first-order valence-corrected chi connectivity index (χ1v) is 11.5. The van der Waals surface area contributed by atoms with Crippen molar-refractivity contribution in [2.45, 2.75) is 103 Å². The lowest BCUT2D eigenvalue weighted by molar-refractivity contribution is -0.298. The summed E-state index contributed by atoms with van der Waals surface area (Å²) >= 11 is 0. The summed E-state index contributed by atoms with van der Waals surface area (Å²) in [5, 5.41) is 54.4. The van der Waals surface area contributed by atoms with Crippen LogP contribution in [0.15, 0.2) is 0 Å². The third-order valence-electron chi connectivity index (χ3n) is 6.20. The van der Waals surface area contributed by atoms with Gasteiger partial charge in [0.05, 0.1) is 30.8 Å². The van der Waals surface area contributed by atoms with E-state index in [1.54, 1.807) is 13.8 Å². The quantitative estimate of drug-likeness (QED) is 0.247. The molecule has 6 N–H and O–H groups in total. The predicted molar refractivity (Wildman–Crippen MR) is 115 cm³/mol. The van der Waals surface area contributed by atoms with Gasteiger partial charge in [-0.2, -0.15) is 0 Å². The second kappa shape index (κ2) is 11.9. The van der Waals surface area contributed by atoms with Gasteiger partial charge in [0.25, 0.3) is 0 Å². The molecule has 0 aromatic rings. The van der Waals surface area contributed by atoms with Crippen LogP contribution in [-0.4, -0.2) is 99.1 Å². The van der Waals surface area contributed by atoms with Crippen molar-refractivity contribution in [2.75, 3.05) is 6.61 Å². The van der Waals surface area contributed by atoms with Gasteiger partial charge >= 0.3 is 5.97 Å². The predicted octanol–water partition coefficient (Wildman–Crippen LogP) is -0.763. The molecule has 11 heteroatoms. The molecule has 1 aliphatic heterocycles. The zero-order valence-corrected chi connectivity index (χ0v) is 19.8. The average molecular weight is 478 g/mol. The van der Waals surface area contributed by atoms with Crippen molar-refractivity contribution in [3.8, 4) is 0 Å². The maximum absolute atomic E-state index is 12.0. The van der Waals surface area contributed by atoms with Crippen molar-refractivity contribution in [3.63, 3.8) is 0 Å². The highest BCUT2D eigenvalue weighted by Gasteiger charge is 2.52. The molecule has 192 valence electrons. The molecule has 1 saturated carbocycles. The fourth-order valence-electron chi connectivity index (χ4n) is 4.75. The summed E-state index contributed by atoms with van der Waals surface area (Å²) in [5.41, 5.74) is 0. The number of rotatable bonds is 9. The molecule has 2 rings (SSSR count). The monoisotopic (exact) mass is 477 g/mol. The lowest BCUT2D eigenvalue weighted by Crippen LogP contribution is -2.67. The first-order chi connectivity index (χ1) is 15.4. The number of aliphatic carboxylic acids is 1. The highest BCUT2D eigenvalue weighted by Crippen LogP contribution is 2.38. The Kier molecular flexibility index (Phi) is 10.0. The summed E-state index contributed by atoms with van der Waals surface area (Å²) in [4.78, 5) is 23.8. The summed E-state index contributed by atoms with van der Waals surface area (Å²) < 4.78 is 17.4. The Hall–Kier alpha value is -1.34. The largest absolute Gasteiger partial charge is 0.481 e. The van der Waals surface area contributed by atoms with Crippen LogP contribution in [0, 0.1) is 17.8 Å². The topological polar surface area (TPSA) is 175 Å². The van der Waals surface area contributed by atoms with Crippen LogP contribution < -0.4 is 5.32 Å². The Balaban J connectivity index is 2.34. The SMILES string of the molecule is CC(=O)NC1C(OC(C)C)OC(CO)C(O)C1OC1CC(C(=O)O)C(CC(C)C)C(O)C1O. The number of aliphatic hydroxyl groups is 4. The number of carbonyl (C=O) groups excluding carboxylic acids is 1. The van der Waals surface area contributed by atoms with E-state index in [1.807, 2.05) is 13.8 Å². The van der Waals surface area contributed by atoms with E-state index in [1.165, 1.54) is 6.92 Å². The summed E-state index contributed by atoms with van der Waals surface area (Å²) in [5.74, 6) is -3.08. The summed E-state index contributed by atoms with van der Waals surface area (Å²) in [7, 11) is 0. The molecule has 1 aliphatic carbocycles. The van der Waals surface area contributed by atoms with Gasteiger partial charge in [-0.15, -0.1) is 0 Å². The number of aliphatic hydroxyl groups excluding tert-OH is 4. The van der Waals surface area contributed by atoms with Gasteiger partial charge in [-0.1, -0.05) is 13.8 Å². The van der Waals surface area contributed by atoms with Gasteiger partial charge in [-0.25, -0.2) is 0 Å². The fraction of sp³-hybridized carbons (Fsp3) is 0.909. The van der Waals surface area contributed by atoms with Gasteiger partial charge in [0, 0.05) is 12.8 Å². The number of carbonyl (C=O) groups is 2. The van der Waals surface area contributed by atoms with E-state index in [0.717, 1.165) is 0 Å². The molecular weight excluding hydrogens is 438 g/mol. The Morgan fingerprint density at radius 3 is 2.21 bits per heavy atom. The van der Waals surface area contributed by atoms with Crippen LogP contribution >= 0.6 is 0 Å². The highest BCUT2D eigenvalue weighted by molar-refractivity contribution is 5.73. The van der Waals surface area contributed by atoms with Crippen LogP contribution in [0.5, 0.6) is 0 Å². The second-order valence-electron chi connectivity index (χ2n) is 9.72. The van der Waals surface area contributed by atoms with E-state index in [4.69, 9.17) is 14.2 Å². The minimum absolute atomic E-state index is 0.0959. The van der Waals surface area contributed by atoms with Crippen molar-refractivity contribution in [3.05, 3.63) is 0 Å². The van der Waals surface area contributed by atoms with Crippen molar-refractivity contribution in [1.29, 1.82) is 0 Å². The van der Waals surface area contributed by atoms with E-state index >= 15 is 0 Å². The fourth-order valence-corrected chi connectivity index (χ4v) is 4.75. The van der Waals surface area contributed by atoms with Gasteiger partial charge in [0.1, 0.15) is 30.5 Å². The first kappa shape index (κ1) is 27.9. The van der Waals surface area contributed by atoms with E-state index in [0.29, 0.717) is 6.42 Å². The van der Waals surface area contributed by atoms with Crippen molar-refractivity contribution in [2.24, 2.45) is 17.8 Å². The van der Waals surface area contributed by atoms with Gasteiger partial charge < -0.3 is 45.1 Å². The van der Waals surface area contributed by atoms with Crippen LogP contribution in [0.25, 0.3) is 0 Å². The number of hydrogen-bond acceptors (Lipinski definition) is 9. The zero-order chi connectivity index (χ0) is 25.0. The molecule has 33 heavy (non-hydrogen) atoms. The van der Waals surface area contributed by atoms with E-state index in [-0.39, 0.29) is 18.4 Å². The lowest BCUT2D eigenvalue weighted by Gasteiger charge is -2.48. The number of carboxylic acid groups (broad SMARTS) is 1. The molecule has 1 heterocycles. The molecule has 10 unspecified atom stereocenters. The third-order valence-corrected chi connectivity index (χ3v) is 6.20. The number of carboxylic acids is 1. The number of ether oxygens (including phenoxy) is 3. The molecule has 2 fully saturated rings. The van der Waals surface area contributed by atoms with E-state index in [2.05, 4.69) is 5.32 Å². The molecule has 11 nitrogen and oxygen atoms in total. The minimum atomic E-state index is -1.42. The van der Waals surface area contributed by atoms with Gasteiger partial charge in [0.2, 0.25) is 5.91 Å². The van der Waals surface area contributed by atoms with E-state index in [9.17, 15) is 35.1 Å². The molecule has 0 aromatic carbocycles. The molecule has 10 atom stereocenters. The second-order valence-corrected chi connectivity index (χ2v) is 9.72. The normalized spacial score (nSPS) is 39.6. The molecule has 0 radical (unpaired) electrons. The number of amides is 1. The number of nitrogens with one attached hydrogen (secondary N) is 1. The third kappa shape index (κ3) is 6.84. The summed E-state index contributed by atoms with van der Waals surface area (Å²) in [6.45, 7) is 8.01. The lowest BCUT2D eigenvalue weighted by atomic mass is 9.71.